The number of carbonyl (C=O) groups is 3. The lowest BCUT2D eigenvalue weighted by molar-refractivity contribution is -0.142. The maximum absolute atomic E-state index is 13.3. The average Bonchev–Trinajstić information content (AvgIpc) is 2.99. The summed E-state index contributed by atoms with van der Waals surface area (Å²) in [6.07, 6.45) is -3.50. The van der Waals surface area contributed by atoms with Gasteiger partial charge in [-0.3, -0.25) is 9.59 Å². The molecule has 0 aliphatic heterocycles. The fraction of sp³-hybridized carbons (Fsp3) is 0.344. The second-order valence-electron chi connectivity index (χ2n) is 10.7. The minimum atomic E-state index is -4.55. The Hall–Kier alpha value is -4.92. The number of esters is 1. The maximum Gasteiger partial charge on any atom is 0.417 e. The van der Waals surface area contributed by atoms with Crippen LogP contribution >= 0.6 is 0 Å². The van der Waals surface area contributed by atoms with Crippen LogP contribution in [0.3, 0.4) is 0 Å². The molecule has 44 heavy (non-hydrogen) atoms. The molecule has 9 nitrogen and oxygen atoms in total. The number of halogens is 3. The molecule has 0 bridgehead atoms. The highest BCUT2D eigenvalue weighted by Crippen LogP contribution is 2.30. The van der Waals surface area contributed by atoms with Crippen molar-refractivity contribution in [3.8, 4) is 11.9 Å². The monoisotopic (exact) mass is 610 g/mol. The fourth-order valence-electron chi connectivity index (χ4n) is 4.38. The third kappa shape index (κ3) is 8.80. The van der Waals surface area contributed by atoms with Crippen molar-refractivity contribution in [1.29, 1.82) is 5.26 Å². The highest BCUT2D eigenvalue weighted by Gasteiger charge is 2.35. The summed E-state index contributed by atoms with van der Waals surface area (Å²) < 4.78 is 49.0. The molecule has 3 unspecified atom stereocenters. The van der Waals surface area contributed by atoms with Gasteiger partial charge in [0.25, 0.3) is 11.8 Å². The molecule has 2 N–H and O–H groups in total. The first-order valence-electron chi connectivity index (χ1n) is 13.7. The van der Waals surface area contributed by atoms with Gasteiger partial charge in [-0.2, -0.15) is 18.4 Å². The van der Waals surface area contributed by atoms with Crippen LogP contribution in [0.25, 0.3) is 0 Å². The van der Waals surface area contributed by atoms with E-state index in [1.54, 1.807) is 49.4 Å². The molecular formula is C32H33F3N4O5. The lowest BCUT2D eigenvalue weighted by Crippen LogP contribution is -2.51. The van der Waals surface area contributed by atoms with Gasteiger partial charge >= 0.3 is 12.1 Å². The number of nitrogens with one attached hydrogen (secondary N) is 2. The Labute approximate surface area is 253 Å². The molecule has 0 saturated heterocycles. The number of nitrogens with zero attached hydrogens (tertiary/aromatic N) is 2. The van der Waals surface area contributed by atoms with Gasteiger partial charge in [0.2, 0.25) is 5.88 Å². The van der Waals surface area contributed by atoms with E-state index in [1.807, 2.05) is 6.07 Å². The maximum atomic E-state index is 13.3. The number of pyridine rings is 1. The number of alkyl halides is 3. The third-order valence-electron chi connectivity index (χ3n) is 6.95. The zero-order valence-corrected chi connectivity index (χ0v) is 24.9. The van der Waals surface area contributed by atoms with Crippen molar-refractivity contribution in [2.45, 2.75) is 63.9 Å². The van der Waals surface area contributed by atoms with Gasteiger partial charge in [0.05, 0.1) is 24.3 Å². The van der Waals surface area contributed by atoms with Gasteiger partial charge in [-0.05, 0) is 75.6 Å². The number of rotatable bonds is 11. The van der Waals surface area contributed by atoms with Crippen molar-refractivity contribution >= 4 is 17.8 Å². The summed E-state index contributed by atoms with van der Waals surface area (Å²) in [4.78, 5) is 41.2. The van der Waals surface area contributed by atoms with E-state index in [1.165, 1.54) is 27.9 Å². The molecule has 232 valence electrons. The number of amides is 2. The number of ether oxygens (including phenoxy) is 2. The molecule has 0 radical (unpaired) electrons. The summed E-state index contributed by atoms with van der Waals surface area (Å²) in [7, 11) is 1.23. The van der Waals surface area contributed by atoms with E-state index in [-0.39, 0.29) is 11.8 Å². The number of methoxy groups -OCH3 is 1. The van der Waals surface area contributed by atoms with Gasteiger partial charge in [-0.15, -0.1) is 0 Å². The highest BCUT2D eigenvalue weighted by atomic mass is 19.4. The zero-order chi connectivity index (χ0) is 32.7. The van der Waals surface area contributed by atoms with Gasteiger partial charge in [0, 0.05) is 29.8 Å². The molecule has 12 heteroatoms. The molecule has 0 aliphatic rings. The van der Waals surface area contributed by atoms with Gasteiger partial charge in [0.15, 0.2) is 5.60 Å². The number of nitriles is 1. The number of carbonyl (C=O) groups excluding carboxylic acids is 3. The first kappa shape index (κ1) is 33.6. The number of aromatic nitrogens is 1. The Morgan fingerprint density at radius 3 is 2.25 bits per heavy atom. The molecule has 2 aromatic carbocycles. The molecule has 1 heterocycles. The normalized spacial score (nSPS) is 13.5. The topological polar surface area (TPSA) is 130 Å². The predicted octanol–water partition coefficient (Wildman–Crippen LogP) is 4.95. The Morgan fingerprint density at radius 1 is 1.00 bits per heavy atom. The SMILES string of the molecule is COC(=O)C(C)NC(=O)c1ccc(CC(c2cccc(C#N)c2)C(C)NC(=O)C(C)(C)Oc2ccc(C(F)(F)F)cn2)cc1. The number of hydrogen-bond donors (Lipinski definition) is 2. The van der Waals surface area contributed by atoms with Crippen molar-refractivity contribution in [3.63, 3.8) is 0 Å². The summed E-state index contributed by atoms with van der Waals surface area (Å²) in [6, 6.07) is 16.4. The fourth-order valence-corrected chi connectivity index (χ4v) is 4.38. The molecule has 0 aliphatic carbocycles. The summed E-state index contributed by atoms with van der Waals surface area (Å²) in [5.41, 5.74) is -0.0302. The van der Waals surface area contributed by atoms with E-state index in [2.05, 4.69) is 26.4 Å². The first-order valence-corrected chi connectivity index (χ1v) is 13.7. The molecule has 0 spiro atoms. The van der Waals surface area contributed by atoms with Gasteiger partial charge in [0.1, 0.15) is 6.04 Å². The molecule has 0 saturated carbocycles. The Balaban J connectivity index is 1.78. The second kappa shape index (κ2) is 14.0. The number of benzene rings is 2. The molecule has 3 atom stereocenters. The average molecular weight is 611 g/mol. The Morgan fingerprint density at radius 2 is 1.68 bits per heavy atom. The van der Waals surface area contributed by atoms with Crippen molar-refractivity contribution in [2.24, 2.45) is 0 Å². The van der Waals surface area contributed by atoms with Crippen molar-refractivity contribution in [2.75, 3.05) is 7.11 Å². The number of hydrogen-bond acceptors (Lipinski definition) is 7. The summed E-state index contributed by atoms with van der Waals surface area (Å²) in [5.74, 6) is -2.02. The van der Waals surface area contributed by atoms with Crippen LogP contribution in [-0.2, 0) is 26.9 Å². The van der Waals surface area contributed by atoms with Crippen LogP contribution in [0.2, 0.25) is 0 Å². The van der Waals surface area contributed by atoms with Crippen LogP contribution in [0, 0.1) is 11.3 Å². The third-order valence-corrected chi connectivity index (χ3v) is 6.95. The van der Waals surface area contributed by atoms with E-state index < -0.39 is 47.2 Å². The molecule has 2 amide bonds. The van der Waals surface area contributed by atoms with E-state index in [9.17, 15) is 32.8 Å². The molecule has 0 fully saturated rings. The van der Waals surface area contributed by atoms with Crippen LogP contribution in [0.1, 0.15) is 66.2 Å². The van der Waals surface area contributed by atoms with Crippen LogP contribution in [0.5, 0.6) is 5.88 Å². The van der Waals surface area contributed by atoms with Crippen molar-refractivity contribution < 1.29 is 37.0 Å². The van der Waals surface area contributed by atoms with Gasteiger partial charge in [-0.25, -0.2) is 9.78 Å². The van der Waals surface area contributed by atoms with Gasteiger partial charge in [-0.1, -0.05) is 24.3 Å². The molecule has 1 aromatic heterocycles. The minimum Gasteiger partial charge on any atom is -0.467 e. The van der Waals surface area contributed by atoms with E-state index in [0.29, 0.717) is 23.7 Å². The van der Waals surface area contributed by atoms with Crippen molar-refractivity contribution in [3.05, 3.63) is 94.7 Å². The standard InChI is InChI=1S/C32H33F3N4O5/c1-19(39-30(42)31(3,4)44-27-14-13-25(18-37-27)32(33,34)35)26(24-8-6-7-22(15-24)17-36)16-21-9-11-23(12-10-21)28(40)38-20(2)29(41)43-5/h6-15,18-20,26H,16H2,1-5H3,(H,38,40)(H,39,42). The second-order valence-corrected chi connectivity index (χ2v) is 10.7. The largest absolute Gasteiger partial charge is 0.467 e. The first-order chi connectivity index (χ1) is 20.6. The van der Waals surface area contributed by atoms with E-state index >= 15 is 0 Å². The van der Waals surface area contributed by atoms with Crippen LogP contribution in [0.15, 0.2) is 66.9 Å². The minimum absolute atomic E-state index is 0.144. The highest BCUT2D eigenvalue weighted by molar-refractivity contribution is 5.96. The lowest BCUT2D eigenvalue weighted by Gasteiger charge is -2.30. The van der Waals surface area contributed by atoms with Crippen LogP contribution < -0.4 is 15.4 Å². The van der Waals surface area contributed by atoms with Crippen LogP contribution in [0.4, 0.5) is 13.2 Å². The predicted molar refractivity (Wildman–Crippen MR) is 155 cm³/mol. The molecular weight excluding hydrogens is 577 g/mol. The van der Waals surface area contributed by atoms with E-state index in [0.717, 1.165) is 23.3 Å². The summed E-state index contributed by atoms with van der Waals surface area (Å²) >= 11 is 0. The smallest absolute Gasteiger partial charge is 0.417 e. The summed E-state index contributed by atoms with van der Waals surface area (Å²) in [5, 5.41) is 15.0. The quantitative estimate of drug-likeness (QED) is 0.294. The van der Waals surface area contributed by atoms with Crippen LogP contribution in [-0.4, -0.2) is 47.6 Å². The van der Waals surface area contributed by atoms with Crippen molar-refractivity contribution in [1.82, 2.24) is 15.6 Å². The molecule has 3 rings (SSSR count). The summed E-state index contributed by atoms with van der Waals surface area (Å²) in [6.45, 7) is 6.26. The molecule has 3 aromatic rings. The Kier molecular flexibility index (Phi) is 10.7. The lowest BCUT2D eigenvalue weighted by atomic mass is 9.85. The Bertz CT molecular complexity index is 1520. The van der Waals surface area contributed by atoms with Gasteiger partial charge < -0.3 is 20.1 Å². The zero-order valence-electron chi connectivity index (χ0n) is 24.9. The van der Waals surface area contributed by atoms with E-state index in [4.69, 9.17) is 4.74 Å².